The molecule has 0 spiro atoms. The van der Waals surface area contributed by atoms with Crippen LogP contribution in [-0.4, -0.2) is 51.1 Å². The van der Waals surface area contributed by atoms with Crippen LogP contribution in [0.3, 0.4) is 0 Å². The molecule has 2 aliphatic heterocycles. The smallest absolute Gasteiger partial charge is 0.294 e. The van der Waals surface area contributed by atoms with Crippen molar-refractivity contribution in [3.63, 3.8) is 0 Å². The third-order valence-corrected chi connectivity index (χ3v) is 7.31. The lowest BCUT2D eigenvalue weighted by Gasteiger charge is -2.18. The highest BCUT2D eigenvalue weighted by atomic mass is 35.5. The minimum Gasteiger partial charge on any atom is -0.342 e. The number of likely N-dealkylation sites (tertiary alicyclic amines) is 1. The zero-order chi connectivity index (χ0) is 22.9. The number of benzene rings is 2. The van der Waals surface area contributed by atoms with E-state index in [-0.39, 0.29) is 12.5 Å². The summed E-state index contributed by atoms with van der Waals surface area (Å²) in [5.41, 5.74) is 2.84. The summed E-state index contributed by atoms with van der Waals surface area (Å²) < 4.78 is 2.09. The minimum absolute atomic E-state index is 0.174. The molecule has 3 aromatic rings. The summed E-state index contributed by atoms with van der Waals surface area (Å²) in [6.45, 7) is 1.77. The summed E-state index contributed by atoms with van der Waals surface area (Å²) >= 11 is 7.24. The van der Waals surface area contributed by atoms with Crippen molar-refractivity contribution in [1.29, 1.82) is 0 Å². The van der Waals surface area contributed by atoms with Crippen LogP contribution in [-0.2, 0) is 16.1 Å². The molecule has 2 fully saturated rings. The maximum atomic E-state index is 13.0. The molecule has 3 amide bonds. The van der Waals surface area contributed by atoms with Crippen LogP contribution in [0.2, 0.25) is 5.02 Å². The first-order valence-electron chi connectivity index (χ1n) is 10.9. The van der Waals surface area contributed by atoms with Crippen LogP contribution in [0.5, 0.6) is 0 Å². The lowest BCUT2D eigenvalue weighted by Crippen LogP contribution is -2.40. The lowest BCUT2D eigenvalue weighted by molar-refractivity contribution is -0.135. The fourth-order valence-electron chi connectivity index (χ4n) is 4.31. The van der Waals surface area contributed by atoms with E-state index in [9.17, 15) is 14.4 Å². The number of fused-ring (bicyclic) bond motifs is 1. The van der Waals surface area contributed by atoms with Crippen molar-refractivity contribution >= 4 is 57.4 Å². The molecule has 0 bridgehead atoms. The summed E-state index contributed by atoms with van der Waals surface area (Å²) in [4.78, 5) is 41.1. The average Bonchev–Trinajstić information content (AvgIpc) is 3.52. The van der Waals surface area contributed by atoms with E-state index in [0.29, 0.717) is 29.6 Å². The highest BCUT2D eigenvalue weighted by Gasteiger charge is 2.37. The highest BCUT2D eigenvalue weighted by molar-refractivity contribution is 8.18. The van der Waals surface area contributed by atoms with Gasteiger partial charge in [0.25, 0.3) is 11.1 Å². The maximum Gasteiger partial charge on any atom is 0.294 e. The van der Waals surface area contributed by atoms with Gasteiger partial charge in [0.15, 0.2) is 0 Å². The van der Waals surface area contributed by atoms with Gasteiger partial charge in [0.2, 0.25) is 5.91 Å². The zero-order valence-electron chi connectivity index (χ0n) is 17.9. The average molecular weight is 480 g/mol. The van der Waals surface area contributed by atoms with E-state index in [2.05, 4.69) is 4.57 Å². The van der Waals surface area contributed by atoms with Crippen LogP contribution >= 0.6 is 23.4 Å². The Hall–Kier alpha value is -3.03. The normalized spacial score (nSPS) is 17.7. The van der Waals surface area contributed by atoms with Crippen molar-refractivity contribution in [1.82, 2.24) is 14.4 Å². The van der Waals surface area contributed by atoms with Gasteiger partial charge < -0.3 is 9.47 Å². The second kappa shape index (κ2) is 9.08. The fraction of sp³-hybridized carbons (Fsp3) is 0.240. The van der Waals surface area contributed by atoms with E-state index in [1.54, 1.807) is 11.0 Å². The molecule has 2 saturated heterocycles. The zero-order valence-corrected chi connectivity index (χ0v) is 19.4. The van der Waals surface area contributed by atoms with E-state index in [1.165, 1.54) is 0 Å². The molecule has 0 saturated carbocycles. The van der Waals surface area contributed by atoms with Gasteiger partial charge in [-0.25, -0.2) is 0 Å². The summed E-state index contributed by atoms with van der Waals surface area (Å²) in [6, 6.07) is 15.6. The third kappa shape index (κ3) is 4.30. The predicted octanol–water partition coefficient (Wildman–Crippen LogP) is 5.00. The van der Waals surface area contributed by atoms with Gasteiger partial charge in [-0.1, -0.05) is 48.0 Å². The topological polar surface area (TPSA) is 62.6 Å². The number of thioether (sulfide) groups is 1. The Morgan fingerprint density at radius 1 is 1.03 bits per heavy atom. The second-order valence-corrected chi connectivity index (χ2v) is 9.58. The van der Waals surface area contributed by atoms with Gasteiger partial charge in [-0.15, -0.1) is 0 Å². The predicted molar refractivity (Wildman–Crippen MR) is 131 cm³/mol. The highest BCUT2D eigenvalue weighted by Crippen LogP contribution is 2.34. The largest absolute Gasteiger partial charge is 0.342 e. The molecule has 3 heterocycles. The van der Waals surface area contributed by atoms with Gasteiger partial charge in [-0.3, -0.25) is 19.3 Å². The molecule has 8 heteroatoms. The van der Waals surface area contributed by atoms with Crippen molar-refractivity contribution in [2.75, 3.05) is 19.6 Å². The van der Waals surface area contributed by atoms with E-state index in [1.807, 2.05) is 54.7 Å². The van der Waals surface area contributed by atoms with Gasteiger partial charge in [-0.2, -0.15) is 0 Å². The van der Waals surface area contributed by atoms with Gasteiger partial charge >= 0.3 is 0 Å². The number of carbonyl (C=O) groups is 3. The standard InChI is InChI=1S/C25H22ClN3O3S/c26-20-9-3-1-7-17(20)14-28-15-18(19-8-2-4-10-21(19)28)13-22-24(31)29(25(32)33-22)16-23(30)27-11-5-6-12-27/h1-4,7-10,13,15H,5-6,11-12,14,16H2/b22-13+. The molecule has 2 aromatic carbocycles. The number of hydrogen-bond donors (Lipinski definition) is 0. The monoisotopic (exact) mass is 479 g/mol. The number of nitrogens with zero attached hydrogens (tertiary/aromatic N) is 3. The van der Waals surface area contributed by atoms with Crippen molar-refractivity contribution < 1.29 is 14.4 Å². The van der Waals surface area contributed by atoms with Crippen LogP contribution in [0.1, 0.15) is 24.0 Å². The molecule has 6 nitrogen and oxygen atoms in total. The van der Waals surface area contributed by atoms with Crippen LogP contribution in [0.4, 0.5) is 4.79 Å². The molecule has 0 aliphatic carbocycles. The van der Waals surface area contributed by atoms with Crippen molar-refractivity contribution in [2.45, 2.75) is 19.4 Å². The molecule has 0 atom stereocenters. The van der Waals surface area contributed by atoms with E-state index in [0.717, 1.165) is 51.5 Å². The molecule has 2 aliphatic rings. The molecule has 0 N–H and O–H groups in total. The second-order valence-electron chi connectivity index (χ2n) is 8.18. The number of para-hydroxylation sites is 1. The van der Waals surface area contributed by atoms with Crippen molar-refractivity contribution in [3.8, 4) is 0 Å². The fourth-order valence-corrected chi connectivity index (χ4v) is 5.34. The number of aromatic nitrogens is 1. The van der Waals surface area contributed by atoms with Crippen molar-refractivity contribution in [3.05, 3.63) is 75.8 Å². The number of rotatable bonds is 5. The molecule has 5 rings (SSSR count). The number of hydrogen-bond acceptors (Lipinski definition) is 4. The number of halogens is 1. The van der Waals surface area contributed by atoms with Gasteiger partial charge in [0, 0.05) is 47.3 Å². The Bertz CT molecular complexity index is 1290. The molecule has 0 radical (unpaired) electrons. The van der Waals surface area contributed by atoms with Crippen LogP contribution in [0, 0.1) is 0 Å². The molecular formula is C25H22ClN3O3S. The Morgan fingerprint density at radius 2 is 1.76 bits per heavy atom. The molecule has 0 unspecified atom stereocenters. The summed E-state index contributed by atoms with van der Waals surface area (Å²) in [7, 11) is 0. The lowest BCUT2D eigenvalue weighted by atomic mass is 10.1. The Balaban J connectivity index is 1.43. The van der Waals surface area contributed by atoms with E-state index in [4.69, 9.17) is 11.6 Å². The SMILES string of the molecule is O=C(CN1C(=O)S/C(=C/c2cn(Cc3ccccc3Cl)c3ccccc23)C1=O)N1CCCC1. The van der Waals surface area contributed by atoms with Crippen LogP contribution in [0.15, 0.2) is 59.6 Å². The number of carbonyl (C=O) groups excluding carboxylic acids is 3. The maximum absolute atomic E-state index is 13.0. The molecule has 33 heavy (non-hydrogen) atoms. The first kappa shape index (κ1) is 21.8. The molecule has 1 aromatic heterocycles. The Labute approximate surface area is 200 Å². The Morgan fingerprint density at radius 3 is 2.55 bits per heavy atom. The third-order valence-electron chi connectivity index (χ3n) is 6.03. The van der Waals surface area contributed by atoms with Crippen LogP contribution in [0.25, 0.3) is 17.0 Å². The van der Waals surface area contributed by atoms with Crippen LogP contribution < -0.4 is 0 Å². The van der Waals surface area contributed by atoms with E-state index >= 15 is 0 Å². The number of amides is 3. The Kier molecular flexibility index (Phi) is 6.00. The minimum atomic E-state index is -0.416. The quantitative estimate of drug-likeness (QED) is 0.483. The van der Waals surface area contributed by atoms with Crippen molar-refractivity contribution in [2.24, 2.45) is 0 Å². The first-order chi connectivity index (χ1) is 16.0. The van der Waals surface area contributed by atoms with Gasteiger partial charge in [0.05, 0.1) is 4.91 Å². The van der Waals surface area contributed by atoms with Gasteiger partial charge in [0.1, 0.15) is 6.54 Å². The molecular weight excluding hydrogens is 458 g/mol. The molecule has 168 valence electrons. The summed E-state index contributed by atoms with van der Waals surface area (Å²) in [5, 5.41) is 1.27. The first-order valence-corrected chi connectivity index (χ1v) is 12.0. The van der Waals surface area contributed by atoms with Gasteiger partial charge in [-0.05, 0) is 48.4 Å². The number of imide groups is 1. The summed E-state index contributed by atoms with van der Waals surface area (Å²) in [5.74, 6) is -0.590. The van der Waals surface area contributed by atoms with E-state index < -0.39 is 11.1 Å². The summed E-state index contributed by atoms with van der Waals surface area (Å²) in [6.07, 6.45) is 5.64.